The molecule has 0 bridgehead atoms. The summed E-state index contributed by atoms with van der Waals surface area (Å²) in [5, 5.41) is 11.9. The van der Waals surface area contributed by atoms with Crippen LogP contribution in [0.2, 0.25) is 0 Å². The first-order chi connectivity index (χ1) is 16.5. The van der Waals surface area contributed by atoms with Crippen molar-refractivity contribution in [1.82, 2.24) is 10.2 Å². The number of nitrogens with one attached hydrogen (secondary N) is 1. The van der Waals surface area contributed by atoms with Crippen LogP contribution in [-0.2, 0) is 28.9 Å². The van der Waals surface area contributed by atoms with Gasteiger partial charge in [0.2, 0.25) is 5.91 Å². The van der Waals surface area contributed by atoms with Crippen LogP contribution in [-0.4, -0.2) is 80.6 Å². The molecule has 0 saturated carbocycles. The smallest absolute Gasteiger partial charge is 0.326 e. The maximum absolute atomic E-state index is 14.4. The molecule has 0 aliphatic carbocycles. The Labute approximate surface area is 200 Å². The van der Waals surface area contributed by atoms with Crippen LogP contribution in [0.1, 0.15) is 16.8 Å². The van der Waals surface area contributed by atoms with Crippen LogP contribution in [0.3, 0.4) is 0 Å². The number of halogens is 1. The number of carboxylic acids is 1. The highest BCUT2D eigenvalue weighted by atomic mass is 32.2. The van der Waals surface area contributed by atoms with E-state index in [0.717, 1.165) is 17.2 Å². The van der Waals surface area contributed by atoms with E-state index >= 15 is 0 Å². The van der Waals surface area contributed by atoms with Gasteiger partial charge in [-0.2, -0.15) is 0 Å². The Morgan fingerprint density at radius 1 is 1.14 bits per heavy atom. The molecule has 2 fully saturated rings. The Bertz CT molecular complexity index is 1270. The topological polar surface area (TPSA) is 139 Å². The number of likely N-dealkylation sites (tertiary alicyclic amines) is 1. The lowest BCUT2D eigenvalue weighted by atomic mass is 10.0. The standard InChI is InChI=1S/C23H23FN2O8S/c1-35(31,32)16-6-7-17(18(24)10-16)14-2-4-15(5-3-14)21(28)25-12-20(27)26-13-23(33-8-9-34-23)11-19(26)22(29)30/h2-7,10,19H,8-9,11-13H2,1H3,(H,25,28)(H,29,30)/t19-/m0/s1. The lowest BCUT2D eigenvalue weighted by Crippen LogP contribution is -2.46. The molecule has 0 aromatic heterocycles. The molecule has 0 radical (unpaired) electrons. The highest BCUT2D eigenvalue weighted by molar-refractivity contribution is 7.90. The second-order valence-corrected chi connectivity index (χ2v) is 10.4. The molecular weight excluding hydrogens is 483 g/mol. The fourth-order valence-corrected chi connectivity index (χ4v) is 4.78. The number of aliphatic carboxylic acids is 1. The summed E-state index contributed by atoms with van der Waals surface area (Å²) in [6, 6.07) is 8.32. The number of nitrogens with zero attached hydrogens (tertiary/aromatic N) is 1. The largest absolute Gasteiger partial charge is 0.480 e. The molecule has 2 aliphatic heterocycles. The van der Waals surface area contributed by atoms with Crippen molar-refractivity contribution < 1.29 is 41.8 Å². The summed E-state index contributed by atoms with van der Waals surface area (Å²) in [5.74, 6) is -4.21. The van der Waals surface area contributed by atoms with Crippen LogP contribution >= 0.6 is 0 Å². The van der Waals surface area contributed by atoms with Crippen molar-refractivity contribution in [2.45, 2.75) is 23.1 Å². The average molecular weight is 507 g/mol. The summed E-state index contributed by atoms with van der Waals surface area (Å²) in [5.41, 5.74) is 0.793. The highest BCUT2D eigenvalue weighted by Gasteiger charge is 2.52. The van der Waals surface area contributed by atoms with Gasteiger partial charge in [0.25, 0.3) is 5.91 Å². The first-order valence-electron chi connectivity index (χ1n) is 10.7. The van der Waals surface area contributed by atoms with Gasteiger partial charge in [-0.3, -0.25) is 9.59 Å². The predicted octanol–water partition coefficient (Wildman–Crippen LogP) is 1.05. The molecule has 2 aromatic carbocycles. The summed E-state index contributed by atoms with van der Waals surface area (Å²) < 4.78 is 48.6. The molecule has 10 nitrogen and oxygen atoms in total. The highest BCUT2D eigenvalue weighted by Crippen LogP contribution is 2.34. The molecule has 2 N–H and O–H groups in total. The van der Waals surface area contributed by atoms with Crippen molar-refractivity contribution >= 4 is 27.6 Å². The van der Waals surface area contributed by atoms with E-state index in [-0.39, 0.29) is 29.0 Å². The molecule has 2 aliphatic rings. The van der Waals surface area contributed by atoms with E-state index in [1.54, 1.807) is 0 Å². The van der Waals surface area contributed by atoms with E-state index in [2.05, 4.69) is 5.32 Å². The van der Waals surface area contributed by atoms with Gasteiger partial charge < -0.3 is 24.8 Å². The van der Waals surface area contributed by atoms with Crippen molar-refractivity contribution in [1.29, 1.82) is 0 Å². The van der Waals surface area contributed by atoms with E-state index < -0.39 is 51.8 Å². The maximum Gasteiger partial charge on any atom is 0.326 e. The van der Waals surface area contributed by atoms with Gasteiger partial charge >= 0.3 is 5.97 Å². The number of benzene rings is 2. The van der Waals surface area contributed by atoms with Crippen LogP contribution in [0.4, 0.5) is 4.39 Å². The Morgan fingerprint density at radius 3 is 2.37 bits per heavy atom. The monoisotopic (exact) mass is 506 g/mol. The lowest BCUT2D eigenvalue weighted by molar-refractivity contribution is -0.152. The molecule has 1 spiro atoms. The second kappa shape index (κ2) is 9.36. The molecule has 35 heavy (non-hydrogen) atoms. The first-order valence-corrected chi connectivity index (χ1v) is 12.6. The number of hydrogen-bond donors (Lipinski definition) is 2. The molecule has 186 valence electrons. The number of carboxylic acid groups (broad SMARTS) is 1. The number of carbonyl (C=O) groups is 3. The molecule has 2 saturated heterocycles. The summed E-state index contributed by atoms with van der Waals surface area (Å²) in [6.07, 6.45) is 0.991. The Hall–Kier alpha value is -3.35. The Balaban J connectivity index is 1.40. The number of amides is 2. The Morgan fingerprint density at radius 2 is 1.80 bits per heavy atom. The van der Waals surface area contributed by atoms with Crippen molar-refractivity contribution in [3.05, 3.63) is 53.8 Å². The summed E-state index contributed by atoms with van der Waals surface area (Å²) in [4.78, 5) is 37.8. The van der Waals surface area contributed by atoms with Gasteiger partial charge in [-0.25, -0.2) is 17.6 Å². The van der Waals surface area contributed by atoms with E-state index in [0.29, 0.717) is 18.8 Å². The van der Waals surface area contributed by atoms with Crippen molar-refractivity contribution in [3.63, 3.8) is 0 Å². The summed E-state index contributed by atoms with van der Waals surface area (Å²) in [7, 11) is -3.55. The Kier molecular flexibility index (Phi) is 6.62. The minimum atomic E-state index is -3.55. The van der Waals surface area contributed by atoms with Gasteiger partial charge in [-0.15, -0.1) is 0 Å². The van der Waals surface area contributed by atoms with Gasteiger partial charge in [0, 0.05) is 23.8 Å². The zero-order valence-electron chi connectivity index (χ0n) is 18.7. The van der Waals surface area contributed by atoms with E-state index in [9.17, 15) is 32.3 Å². The third-order valence-corrected chi connectivity index (χ3v) is 7.05. The minimum absolute atomic E-state index is 0.00517. The van der Waals surface area contributed by atoms with E-state index in [4.69, 9.17) is 9.47 Å². The molecule has 0 unspecified atom stereocenters. The summed E-state index contributed by atoms with van der Waals surface area (Å²) >= 11 is 0. The average Bonchev–Trinajstić information content (AvgIpc) is 3.44. The van der Waals surface area contributed by atoms with Crippen LogP contribution in [0.25, 0.3) is 11.1 Å². The van der Waals surface area contributed by atoms with Crippen LogP contribution < -0.4 is 5.32 Å². The fourth-order valence-electron chi connectivity index (χ4n) is 4.15. The van der Waals surface area contributed by atoms with Gasteiger partial charge in [-0.05, 0) is 29.8 Å². The second-order valence-electron chi connectivity index (χ2n) is 8.36. The molecule has 2 aromatic rings. The molecule has 2 amide bonds. The van der Waals surface area contributed by atoms with E-state index in [1.165, 1.54) is 36.4 Å². The quantitative estimate of drug-likeness (QED) is 0.593. The molecule has 4 rings (SSSR count). The van der Waals surface area contributed by atoms with Crippen LogP contribution in [0.5, 0.6) is 0 Å². The van der Waals surface area contributed by atoms with Crippen LogP contribution in [0.15, 0.2) is 47.4 Å². The zero-order chi connectivity index (χ0) is 25.4. The molecular formula is C23H23FN2O8S. The van der Waals surface area contributed by atoms with Crippen molar-refractivity contribution in [2.24, 2.45) is 0 Å². The number of carbonyl (C=O) groups excluding carboxylic acids is 2. The van der Waals surface area contributed by atoms with Crippen LogP contribution in [0, 0.1) is 5.82 Å². The number of rotatable bonds is 6. The van der Waals surface area contributed by atoms with Crippen molar-refractivity contribution in [3.8, 4) is 11.1 Å². The maximum atomic E-state index is 14.4. The fraction of sp³-hybridized carbons (Fsp3) is 0.348. The van der Waals surface area contributed by atoms with Gasteiger partial charge in [0.15, 0.2) is 15.6 Å². The lowest BCUT2D eigenvalue weighted by Gasteiger charge is -2.23. The minimum Gasteiger partial charge on any atom is -0.480 e. The van der Waals surface area contributed by atoms with Crippen molar-refractivity contribution in [2.75, 3.05) is 32.6 Å². The van der Waals surface area contributed by atoms with Gasteiger partial charge in [0.1, 0.15) is 11.9 Å². The SMILES string of the molecule is CS(=O)(=O)c1ccc(-c2ccc(C(=O)NCC(=O)N3CC4(C[C@H]3C(=O)O)OCCO4)cc2)c(F)c1. The first kappa shape index (κ1) is 24.8. The van der Waals surface area contributed by atoms with Gasteiger partial charge in [0.05, 0.1) is 31.2 Å². The molecule has 12 heteroatoms. The molecule has 2 heterocycles. The normalized spacial score (nSPS) is 19.1. The van der Waals surface area contributed by atoms with E-state index in [1.807, 2.05) is 0 Å². The number of ether oxygens (including phenoxy) is 2. The number of sulfone groups is 1. The summed E-state index contributed by atoms with van der Waals surface area (Å²) in [6.45, 7) is 0.152. The van der Waals surface area contributed by atoms with Gasteiger partial charge in [-0.1, -0.05) is 18.2 Å². The predicted molar refractivity (Wildman–Crippen MR) is 120 cm³/mol. The molecule has 1 atom stereocenters. The number of hydrogen-bond acceptors (Lipinski definition) is 7. The zero-order valence-corrected chi connectivity index (χ0v) is 19.5. The third kappa shape index (κ3) is 5.19. The third-order valence-electron chi connectivity index (χ3n) is 5.94.